The lowest BCUT2D eigenvalue weighted by molar-refractivity contribution is -0.161. The van der Waals surface area contributed by atoms with Crippen LogP contribution in [0, 0.1) is 23.7 Å². The van der Waals surface area contributed by atoms with Crippen LogP contribution in [0.1, 0.15) is 325 Å². The van der Waals surface area contributed by atoms with Gasteiger partial charge >= 0.3 is 39.5 Å². The maximum absolute atomic E-state index is 13.0. The van der Waals surface area contributed by atoms with E-state index in [1.54, 1.807) is 0 Å². The number of esters is 4. The van der Waals surface area contributed by atoms with E-state index in [9.17, 15) is 43.2 Å². The summed E-state index contributed by atoms with van der Waals surface area (Å²) in [5.74, 6) is 0.797. The third kappa shape index (κ3) is 58.4. The third-order valence-electron chi connectivity index (χ3n) is 16.0. The topological polar surface area (TPSA) is 237 Å². The van der Waals surface area contributed by atoms with Gasteiger partial charge in [-0.15, -0.1) is 0 Å². The summed E-state index contributed by atoms with van der Waals surface area (Å²) in [5.41, 5.74) is 0. The Bertz CT molecular complexity index is 1720. The van der Waals surface area contributed by atoms with Crippen molar-refractivity contribution in [3.63, 3.8) is 0 Å². The van der Waals surface area contributed by atoms with Crippen LogP contribution in [-0.2, 0) is 65.4 Å². The molecule has 0 fully saturated rings. The number of hydrogen-bond acceptors (Lipinski definition) is 15. The van der Waals surface area contributed by atoms with Crippen molar-refractivity contribution in [2.45, 2.75) is 343 Å². The molecule has 0 spiro atoms. The molecule has 0 aromatic carbocycles. The first-order valence-electron chi connectivity index (χ1n) is 34.8. The average Bonchev–Trinajstić information content (AvgIpc) is 3.61. The first-order chi connectivity index (χ1) is 41.2. The normalized spacial score (nSPS) is 15.0. The van der Waals surface area contributed by atoms with Crippen molar-refractivity contribution in [2.75, 3.05) is 39.6 Å². The zero-order valence-electron chi connectivity index (χ0n) is 55.9. The van der Waals surface area contributed by atoms with Gasteiger partial charge in [-0.05, 0) is 49.4 Å². The fraction of sp³-hybridized carbons (Fsp3) is 0.940. The molecule has 17 nitrogen and oxygen atoms in total. The van der Waals surface area contributed by atoms with E-state index in [0.717, 1.165) is 114 Å². The summed E-state index contributed by atoms with van der Waals surface area (Å²) in [6, 6.07) is 0. The number of unbranched alkanes of at least 4 members (excludes halogenated alkanes) is 28. The molecule has 0 rings (SSSR count). The Morgan fingerprint density at radius 1 is 0.326 bits per heavy atom. The first-order valence-corrected chi connectivity index (χ1v) is 37.8. The van der Waals surface area contributed by atoms with Gasteiger partial charge in [-0.2, -0.15) is 0 Å². The van der Waals surface area contributed by atoms with Crippen molar-refractivity contribution in [3.05, 3.63) is 0 Å². The van der Waals surface area contributed by atoms with E-state index in [0.29, 0.717) is 31.6 Å². The van der Waals surface area contributed by atoms with Crippen LogP contribution in [0.25, 0.3) is 0 Å². The van der Waals surface area contributed by atoms with Gasteiger partial charge in [-0.25, -0.2) is 9.13 Å². The smallest absolute Gasteiger partial charge is 0.462 e. The third-order valence-corrected chi connectivity index (χ3v) is 17.9. The molecule has 0 aromatic heterocycles. The quantitative estimate of drug-likeness (QED) is 0.0222. The molecule has 0 saturated carbocycles. The fourth-order valence-electron chi connectivity index (χ4n) is 9.89. The van der Waals surface area contributed by atoms with Crippen LogP contribution < -0.4 is 0 Å². The number of carbonyl (C=O) groups excluding carboxylic acids is 4. The van der Waals surface area contributed by atoms with E-state index in [2.05, 4.69) is 55.4 Å². The fourth-order valence-corrected chi connectivity index (χ4v) is 11.5. The minimum absolute atomic E-state index is 0.101. The molecule has 510 valence electrons. The van der Waals surface area contributed by atoms with Crippen molar-refractivity contribution >= 4 is 39.5 Å². The number of aliphatic hydroxyl groups excluding tert-OH is 1. The van der Waals surface area contributed by atoms with Crippen LogP contribution in [0.5, 0.6) is 0 Å². The van der Waals surface area contributed by atoms with Gasteiger partial charge in [-0.1, -0.05) is 274 Å². The van der Waals surface area contributed by atoms with E-state index >= 15 is 0 Å². The second-order valence-electron chi connectivity index (χ2n) is 25.6. The van der Waals surface area contributed by atoms with Gasteiger partial charge in [0.25, 0.3) is 0 Å². The van der Waals surface area contributed by atoms with E-state index < -0.39 is 97.5 Å². The van der Waals surface area contributed by atoms with Crippen LogP contribution in [0.3, 0.4) is 0 Å². The Morgan fingerprint density at radius 2 is 0.558 bits per heavy atom. The van der Waals surface area contributed by atoms with E-state index in [-0.39, 0.29) is 25.7 Å². The monoisotopic (exact) mass is 1270 g/mol. The predicted molar refractivity (Wildman–Crippen MR) is 344 cm³/mol. The Labute approximate surface area is 524 Å². The molecule has 19 heteroatoms. The summed E-state index contributed by atoms with van der Waals surface area (Å²) in [4.78, 5) is 72.3. The Hall–Kier alpha value is -1.94. The van der Waals surface area contributed by atoms with Crippen LogP contribution in [-0.4, -0.2) is 96.7 Å². The van der Waals surface area contributed by atoms with E-state index in [1.807, 2.05) is 0 Å². The molecule has 0 aliphatic carbocycles. The summed E-state index contributed by atoms with van der Waals surface area (Å²) >= 11 is 0. The molecule has 3 N–H and O–H groups in total. The Kier molecular flexibility index (Phi) is 55.7. The highest BCUT2D eigenvalue weighted by atomic mass is 31.2. The molecule has 0 aromatic rings. The number of carbonyl (C=O) groups is 4. The summed E-state index contributed by atoms with van der Waals surface area (Å²) in [6.45, 7) is 14.0. The van der Waals surface area contributed by atoms with E-state index in [1.165, 1.54) is 122 Å². The zero-order valence-corrected chi connectivity index (χ0v) is 57.7. The van der Waals surface area contributed by atoms with Crippen molar-refractivity contribution in [1.82, 2.24) is 0 Å². The standard InChI is InChI=1S/C67H130O17P2/c1-9-59(7)45-37-29-23-25-33-41-49-66(71)83-62(53-77-64(69)47-39-31-21-17-15-13-11-12-14-16-19-27-35-43-57(3)4)55-81-85(73,74)79-51-61(68)52-80-86(75,76)82-56-63(84-67(72)50-42-34-26-24-30-38-46-60(8)10-2)54-78-65(70)48-40-32-22-18-20-28-36-44-58(5)6/h57-63,68H,9-56H2,1-8H3,(H,73,74)(H,75,76)/t59?,60?,61?,62-,63-/m1/s1. The molecule has 0 aliphatic rings. The van der Waals surface area contributed by atoms with Crippen molar-refractivity contribution in [1.29, 1.82) is 0 Å². The minimum atomic E-state index is -4.95. The highest BCUT2D eigenvalue weighted by Gasteiger charge is 2.30. The molecule has 0 radical (unpaired) electrons. The second-order valence-corrected chi connectivity index (χ2v) is 28.6. The molecule has 5 unspecified atom stereocenters. The van der Waals surface area contributed by atoms with Gasteiger partial charge in [0.2, 0.25) is 0 Å². The average molecular weight is 1270 g/mol. The van der Waals surface area contributed by atoms with Crippen molar-refractivity contribution in [3.8, 4) is 0 Å². The molecule has 0 bridgehead atoms. The molecule has 7 atom stereocenters. The SMILES string of the molecule is CCC(C)CCCCCCCCC(=O)O[C@H](COC(=O)CCCCCCCCCCCCCCCC(C)C)COP(=O)(O)OCC(O)COP(=O)(O)OC[C@@H](COC(=O)CCCCCCCCCC(C)C)OC(=O)CCCCCCCCC(C)CC. The van der Waals surface area contributed by atoms with Crippen molar-refractivity contribution in [2.24, 2.45) is 23.7 Å². The first kappa shape index (κ1) is 84.1. The molecular weight excluding hydrogens is 1140 g/mol. The molecule has 0 heterocycles. The van der Waals surface area contributed by atoms with Gasteiger partial charge in [0.15, 0.2) is 12.2 Å². The number of phosphoric ester groups is 2. The number of aliphatic hydroxyl groups is 1. The van der Waals surface area contributed by atoms with Crippen molar-refractivity contribution < 1.29 is 80.2 Å². The lowest BCUT2D eigenvalue weighted by Crippen LogP contribution is -2.30. The molecular formula is C67H130O17P2. The molecule has 0 aliphatic heterocycles. The summed E-state index contributed by atoms with van der Waals surface area (Å²) in [6.07, 6.45) is 37.8. The highest BCUT2D eigenvalue weighted by Crippen LogP contribution is 2.45. The molecule has 0 amide bonds. The number of ether oxygens (including phenoxy) is 4. The maximum Gasteiger partial charge on any atom is 0.472 e. The highest BCUT2D eigenvalue weighted by molar-refractivity contribution is 7.47. The summed E-state index contributed by atoms with van der Waals surface area (Å²) < 4.78 is 68.1. The van der Waals surface area contributed by atoms with Crippen LogP contribution in [0.15, 0.2) is 0 Å². The number of rotatable bonds is 64. The number of phosphoric acid groups is 2. The Balaban J connectivity index is 5.22. The van der Waals surface area contributed by atoms with Crippen LogP contribution >= 0.6 is 15.6 Å². The second kappa shape index (κ2) is 57.0. The van der Waals surface area contributed by atoms with Gasteiger partial charge in [0, 0.05) is 25.7 Å². The zero-order chi connectivity index (χ0) is 63.9. The summed E-state index contributed by atoms with van der Waals surface area (Å²) in [7, 11) is -9.89. The summed E-state index contributed by atoms with van der Waals surface area (Å²) in [5, 5.41) is 10.6. The maximum atomic E-state index is 13.0. The lowest BCUT2D eigenvalue weighted by Gasteiger charge is -2.21. The van der Waals surface area contributed by atoms with Gasteiger partial charge < -0.3 is 33.8 Å². The molecule has 0 saturated heterocycles. The largest absolute Gasteiger partial charge is 0.472 e. The van der Waals surface area contributed by atoms with Crippen LogP contribution in [0.2, 0.25) is 0 Å². The Morgan fingerprint density at radius 3 is 0.826 bits per heavy atom. The van der Waals surface area contributed by atoms with Crippen LogP contribution in [0.4, 0.5) is 0 Å². The number of hydrogen-bond donors (Lipinski definition) is 3. The molecule has 86 heavy (non-hydrogen) atoms. The van der Waals surface area contributed by atoms with Gasteiger partial charge in [0.05, 0.1) is 26.4 Å². The lowest BCUT2D eigenvalue weighted by atomic mass is 10.00. The minimum Gasteiger partial charge on any atom is -0.462 e. The predicted octanol–water partition coefficient (Wildman–Crippen LogP) is 18.5. The van der Waals surface area contributed by atoms with Gasteiger partial charge in [-0.3, -0.25) is 37.3 Å². The van der Waals surface area contributed by atoms with E-state index in [4.69, 9.17) is 37.0 Å². The van der Waals surface area contributed by atoms with Gasteiger partial charge in [0.1, 0.15) is 19.3 Å².